The predicted octanol–water partition coefficient (Wildman–Crippen LogP) is 2.54. The van der Waals surface area contributed by atoms with Crippen molar-refractivity contribution in [3.05, 3.63) is 36.0 Å². The fraction of sp³-hybridized carbons (Fsp3) is 0.400. The minimum atomic E-state index is 0.110. The summed E-state index contributed by atoms with van der Waals surface area (Å²) >= 11 is 0. The first-order chi connectivity index (χ1) is 5.70. The largest absolute Gasteiger partial charge is 0.509 e. The van der Waals surface area contributed by atoms with Crippen molar-refractivity contribution in [2.45, 2.75) is 12.8 Å². The molecule has 0 aromatic rings. The molecule has 0 aliphatic carbocycles. The molecular weight excluding hydrogens is 168 g/mol. The molecule has 1 aliphatic rings. The zero-order valence-corrected chi connectivity index (χ0v) is 8.07. The molecule has 12 heavy (non-hydrogen) atoms. The van der Waals surface area contributed by atoms with Gasteiger partial charge in [-0.15, -0.1) is 0 Å². The number of aliphatic hydroxyl groups excluding tert-OH is 1. The summed E-state index contributed by atoms with van der Waals surface area (Å²) in [5, 5.41) is 8.82. The predicted molar refractivity (Wildman–Crippen MR) is 56.4 cm³/mol. The van der Waals surface area contributed by atoms with E-state index in [2.05, 4.69) is 13.2 Å². The van der Waals surface area contributed by atoms with Gasteiger partial charge in [-0.25, -0.2) is 0 Å². The number of hydrogen-bond acceptors (Lipinski definition) is 1. The smallest absolute Gasteiger partial charge is 0.147 e. The van der Waals surface area contributed by atoms with Crippen LogP contribution in [0, 0.1) is 0 Å². The topological polar surface area (TPSA) is 20.2 Å². The first-order valence-electron chi connectivity index (χ1n) is 4.12. The van der Waals surface area contributed by atoms with Crippen molar-refractivity contribution in [2.75, 3.05) is 11.5 Å². The Balaban J connectivity index is 2.42. The maximum absolute atomic E-state index is 8.82. The Kier molecular flexibility index (Phi) is 3.48. The zero-order chi connectivity index (χ0) is 8.97. The third-order valence-electron chi connectivity index (χ3n) is 1.86. The van der Waals surface area contributed by atoms with E-state index in [1.807, 2.05) is 6.08 Å². The molecule has 66 valence electrons. The summed E-state index contributed by atoms with van der Waals surface area (Å²) in [6, 6.07) is 0. The number of allylic oxidation sites excluding steroid dienone is 2. The normalized spacial score (nSPS) is 18.7. The molecule has 1 saturated heterocycles. The molecule has 0 amide bonds. The standard InChI is InChI=1S/C10H14OS/c1-9(11)5-6-10(2)12-7-3-4-8-12/h5-6H,1-4,7-8H2/p+1/b6-5-. The van der Waals surface area contributed by atoms with Crippen molar-refractivity contribution in [3.63, 3.8) is 0 Å². The summed E-state index contributed by atoms with van der Waals surface area (Å²) < 4.78 is 0. The maximum atomic E-state index is 8.82. The Hall–Kier alpha value is -0.630. The summed E-state index contributed by atoms with van der Waals surface area (Å²) in [5.41, 5.74) is 0. The van der Waals surface area contributed by atoms with E-state index in [0.717, 1.165) is 4.91 Å². The highest BCUT2D eigenvalue weighted by Gasteiger charge is 2.25. The van der Waals surface area contributed by atoms with Gasteiger partial charge in [0.25, 0.3) is 0 Å². The average Bonchev–Trinajstić information content (AvgIpc) is 2.51. The van der Waals surface area contributed by atoms with Crippen LogP contribution in [0.5, 0.6) is 0 Å². The SMILES string of the molecule is C=C(O)/C=C\C(=C)[S+]1CCCC1. The minimum absolute atomic E-state index is 0.110. The van der Waals surface area contributed by atoms with Crippen LogP contribution in [0.3, 0.4) is 0 Å². The van der Waals surface area contributed by atoms with Gasteiger partial charge in [0.1, 0.15) is 22.2 Å². The van der Waals surface area contributed by atoms with Crippen LogP contribution in [0.1, 0.15) is 12.8 Å². The Morgan fingerprint density at radius 3 is 2.25 bits per heavy atom. The molecule has 1 nitrogen and oxygen atoms in total. The first kappa shape index (κ1) is 9.46. The highest BCUT2D eigenvalue weighted by molar-refractivity contribution is 8.00. The van der Waals surface area contributed by atoms with Crippen LogP contribution in [0.25, 0.3) is 0 Å². The zero-order valence-electron chi connectivity index (χ0n) is 7.25. The molecule has 1 N–H and O–H groups in total. The lowest BCUT2D eigenvalue weighted by Crippen LogP contribution is -2.03. The van der Waals surface area contributed by atoms with Crippen molar-refractivity contribution in [1.82, 2.24) is 0 Å². The summed E-state index contributed by atoms with van der Waals surface area (Å²) in [7, 11) is 0.378. The molecule has 1 heterocycles. The molecule has 0 aromatic carbocycles. The van der Waals surface area contributed by atoms with Crippen LogP contribution < -0.4 is 0 Å². The van der Waals surface area contributed by atoms with Gasteiger partial charge in [0.15, 0.2) is 0 Å². The van der Waals surface area contributed by atoms with Crippen molar-refractivity contribution in [2.24, 2.45) is 0 Å². The summed E-state index contributed by atoms with van der Waals surface area (Å²) in [6.07, 6.45) is 6.16. The molecule has 0 radical (unpaired) electrons. The van der Waals surface area contributed by atoms with E-state index in [1.54, 1.807) is 6.08 Å². The summed E-state index contributed by atoms with van der Waals surface area (Å²) in [5.74, 6) is 2.67. The molecule has 1 aliphatic heterocycles. The van der Waals surface area contributed by atoms with Gasteiger partial charge >= 0.3 is 0 Å². The summed E-state index contributed by atoms with van der Waals surface area (Å²) in [6.45, 7) is 7.37. The van der Waals surface area contributed by atoms with Crippen LogP contribution in [-0.2, 0) is 10.9 Å². The van der Waals surface area contributed by atoms with Crippen molar-refractivity contribution < 1.29 is 5.11 Å². The number of hydrogen-bond donors (Lipinski definition) is 1. The van der Waals surface area contributed by atoms with E-state index in [0.29, 0.717) is 10.9 Å². The average molecular weight is 183 g/mol. The van der Waals surface area contributed by atoms with E-state index >= 15 is 0 Å². The van der Waals surface area contributed by atoms with Crippen LogP contribution >= 0.6 is 0 Å². The quantitative estimate of drug-likeness (QED) is 0.405. The molecule has 0 saturated carbocycles. The second-order valence-electron chi connectivity index (χ2n) is 2.90. The molecule has 2 heteroatoms. The van der Waals surface area contributed by atoms with Crippen molar-refractivity contribution >= 4 is 10.9 Å². The van der Waals surface area contributed by atoms with Crippen LogP contribution in [0.15, 0.2) is 36.0 Å². The van der Waals surface area contributed by atoms with Gasteiger partial charge in [-0.2, -0.15) is 0 Å². The molecule has 0 bridgehead atoms. The van der Waals surface area contributed by atoms with E-state index in [9.17, 15) is 0 Å². The van der Waals surface area contributed by atoms with Gasteiger partial charge in [-0.05, 0) is 31.6 Å². The van der Waals surface area contributed by atoms with Crippen molar-refractivity contribution in [3.8, 4) is 0 Å². The highest BCUT2D eigenvalue weighted by Crippen LogP contribution is 2.21. The van der Waals surface area contributed by atoms with Gasteiger partial charge in [-0.1, -0.05) is 6.58 Å². The molecule has 0 aromatic heterocycles. The second kappa shape index (κ2) is 4.41. The van der Waals surface area contributed by atoms with Crippen molar-refractivity contribution in [1.29, 1.82) is 0 Å². The first-order valence-corrected chi connectivity index (χ1v) is 5.69. The molecule has 1 rings (SSSR count). The van der Waals surface area contributed by atoms with Crippen LogP contribution in [-0.4, -0.2) is 16.6 Å². The molecule has 1 fully saturated rings. The van der Waals surface area contributed by atoms with Crippen LogP contribution in [0.2, 0.25) is 0 Å². The Labute approximate surface area is 76.8 Å². The highest BCUT2D eigenvalue weighted by atomic mass is 32.2. The lowest BCUT2D eigenvalue weighted by Gasteiger charge is -1.97. The minimum Gasteiger partial charge on any atom is -0.509 e. The second-order valence-corrected chi connectivity index (χ2v) is 5.23. The Morgan fingerprint density at radius 1 is 1.17 bits per heavy atom. The third-order valence-corrected chi connectivity index (χ3v) is 4.30. The Morgan fingerprint density at radius 2 is 1.75 bits per heavy atom. The monoisotopic (exact) mass is 183 g/mol. The van der Waals surface area contributed by atoms with Crippen LogP contribution in [0.4, 0.5) is 0 Å². The van der Waals surface area contributed by atoms with Gasteiger partial charge in [0.05, 0.1) is 0 Å². The lowest BCUT2D eigenvalue weighted by molar-refractivity contribution is 0.435. The maximum Gasteiger partial charge on any atom is 0.147 e. The number of rotatable bonds is 3. The van der Waals surface area contributed by atoms with E-state index in [-0.39, 0.29) is 5.76 Å². The van der Waals surface area contributed by atoms with E-state index in [4.69, 9.17) is 5.11 Å². The molecule has 0 unspecified atom stereocenters. The lowest BCUT2D eigenvalue weighted by atomic mass is 10.4. The van der Waals surface area contributed by atoms with Gasteiger partial charge < -0.3 is 5.11 Å². The van der Waals surface area contributed by atoms with E-state index < -0.39 is 0 Å². The summed E-state index contributed by atoms with van der Waals surface area (Å²) in [4.78, 5) is 1.16. The van der Waals surface area contributed by atoms with E-state index in [1.165, 1.54) is 24.3 Å². The van der Waals surface area contributed by atoms with Gasteiger partial charge in [-0.3, -0.25) is 0 Å². The molecule has 0 atom stereocenters. The Bertz CT molecular complexity index is 212. The van der Waals surface area contributed by atoms with Gasteiger partial charge in [0, 0.05) is 10.9 Å². The fourth-order valence-corrected chi connectivity index (χ4v) is 3.30. The molecular formula is C10H15OS+. The number of aliphatic hydroxyl groups is 1. The fourth-order valence-electron chi connectivity index (χ4n) is 1.20. The van der Waals surface area contributed by atoms with Gasteiger partial charge in [0.2, 0.25) is 0 Å². The third kappa shape index (κ3) is 2.78. The molecule has 0 spiro atoms.